The molecule has 0 radical (unpaired) electrons. The van der Waals surface area contributed by atoms with Gasteiger partial charge in [0.1, 0.15) is 0 Å². The summed E-state index contributed by atoms with van der Waals surface area (Å²) in [6, 6.07) is 12.5. The maximum Gasteiger partial charge on any atom is 0.335 e. The molecule has 0 bridgehead atoms. The number of nitrogens with one attached hydrogen (secondary N) is 2. The van der Waals surface area contributed by atoms with E-state index in [-0.39, 0.29) is 11.4 Å². The molecule has 1 saturated heterocycles. The predicted molar refractivity (Wildman–Crippen MR) is 118 cm³/mol. The lowest BCUT2D eigenvalue weighted by Gasteiger charge is -2.30. The Hall–Kier alpha value is -3.85. The highest BCUT2D eigenvalue weighted by molar-refractivity contribution is 6.04. The Morgan fingerprint density at radius 3 is 2.68 bits per heavy atom. The van der Waals surface area contributed by atoms with Crippen LogP contribution >= 0.6 is 0 Å². The maximum atomic E-state index is 12.9. The van der Waals surface area contributed by atoms with Crippen molar-refractivity contribution in [1.82, 2.24) is 19.4 Å². The quantitative estimate of drug-likeness (QED) is 0.526. The number of aromatic nitrogens is 3. The second kappa shape index (κ2) is 7.77. The van der Waals surface area contributed by atoms with Crippen LogP contribution in [0.3, 0.4) is 0 Å². The Morgan fingerprint density at radius 1 is 1.10 bits per heavy atom. The molecular formula is C22H22N6O3. The van der Waals surface area contributed by atoms with Crippen LogP contribution in [-0.4, -0.2) is 46.2 Å². The third-order valence-electron chi connectivity index (χ3n) is 5.50. The number of hydrogen-bond donors (Lipinski definition) is 2. The Kier molecular flexibility index (Phi) is 4.79. The van der Waals surface area contributed by atoms with E-state index < -0.39 is 5.91 Å². The minimum Gasteiger partial charge on any atom is -0.435 e. The summed E-state index contributed by atoms with van der Waals surface area (Å²) in [5, 5.41) is 6.21. The van der Waals surface area contributed by atoms with Crippen molar-refractivity contribution < 1.29 is 9.21 Å². The van der Waals surface area contributed by atoms with Crippen molar-refractivity contribution in [2.24, 2.45) is 7.05 Å². The Bertz CT molecular complexity index is 1310. The van der Waals surface area contributed by atoms with Gasteiger partial charge in [-0.3, -0.25) is 14.3 Å². The zero-order valence-corrected chi connectivity index (χ0v) is 17.0. The fourth-order valence-corrected chi connectivity index (χ4v) is 3.92. The lowest BCUT2D eigenvalue weighted by Crippen LogP contribution is -2.43. The van der Waals surface area contributed by atoms with Crippen LogP contribution in [0.25, 0.3) is 16.9 Å². The van der Waals surface area contributed by atoms with Gasteiger partial charge in [-0.15, -0.1) is 0 Å². The lowest BCUT2D eigenvalue weighted by molar-refractivity contribution is 0.0996. The zero-order valence-electron chi connectivity index (χ0n) is 17.0. The first-order valence-corrected chi connectivity index (χ1v) is 10.1. The van der Waals surface area contributed by atoms with Gasteiger partial charge in [-0.05, 0) is 24.3 Å². The van der Waals surface area contributed by atoms with Gasteiger partial charge in [-0.25, -0.2) is 9.36 Å². The maximum absolute atomic E-state index is 12.9. The molecule has 31 heavy (non-hydrogen) atoms. The summed E-state index contributed by atoms with van der Waals surface area (Å²) in [6.45, 7) is 3.47. The number of rotatable bonds is 4. The fourth-order valence-electron chi connectivity index (χ4n) is 3.92. The van der Waals surface area contributed by atoms with Crippen LogP contribution in [0.15, 0.2) is 64.1 Å². The highest BCUT2D eigenvalue weighted by atomic mass is 16.4. The average molecular weight is 418 g/mol. The largest absolute Gasteiger partial charge is 0.435 e. The molecule has 2 N–H and O–H groups in total. The molecule has 0 aliphatic carbocycles. The number of hydrogen-bond acceptors (Lipinski definition) is 6. The summed E-state index contributed by atoms with van der Waals surface area (Å²) in [7, 11) is 1.71. The number of fused-ring (bicyclic) bond motifs is 1. The van der Waals surface area contributed by atoms with Crippen LogP contribution in [0.5, 0.6) is 0 Å². The highest BCUT2D eigenvalue weighted by Crippen LogP contribution is 2.26. The van der Waals surface area contributed by atoms with Gasteiger partial charge >= 0.3 is 5.69 Å². The number of furan rings is 1. The molecule has 0 unspecified atom stereocenters. The normalized spacial score (nSPS) is 14.2. The highest BCUT2D eigenvalue weighted by Gasteiger charge is 2.20. The van der Waals surface area contributed by atoms with Crippen molar-refractivity contribution in [1.29, 1.82) is 0 Å². The fraction of sp³-hybridized carbons (Fsp3) is 0.227. The van der Waals surface area contributed by atoms with E-state index >= 15 is 0 Å². The molecule has 1 amide bonds. The van der Waals surface area contributed by atoms with Gasteiger partial charge in [0.25, 0.3) is 5.91 Å². The van der Waals surface area contributed by atoms with Gasteiger partial charge in [0, 0.05) is 45.5 Å². The van der Waals surface area contributed by atoms with Crippen LogP contribution in [0.2, 0.25) is 0 Å². The Balaban J connectivity index is 1.44. The first-order valence-electron chi connectivity index (χ1n) is 10.1. The molecule has 1 aliphatic heterocycles. The number of benzene rings is 1. The molecule has 0 saturated carbocycles. The van der Waals surface area contributed by atoms with Gasteiger partial charge < -0.3 is 20.0 Å². The topological polar surface area (TPSA) is 97.3 Å². The van der Waals surface area contributed by atoms with E-state index in [4.69, 9.17) is 4.42 Å². The van der Waals surface area contributed by atoms with E-state index in [2.05, 4.69) is 20.5 Å². The van der Waals surface area contributed by atoms with E-state index in [0.29, 0.717) is 17.1 Å². The summed E-state index contributed by atoms with van der Waals surface area (Å²) in [5.41, 5.74) is 2.79. The number of amides is 1. The number of anilines is 2. The lowest BCUT2D eigenvalue weighted by atomic mass is 10.2. The van der Waals surface area contributed by atoms with Crippen molar-refractivity contribution in [3.63, 3.8) is 0 Å². The number of carbonyl (C=O) groups excluding carboxylic acids is 1. The Morgan fingerprint density at radius 2 is 1.87 bits per heavy atom. The molecule has 9 nitrogen and oxygen atoms in total. The van der Waals surface area contributed by atoms with Gasteiger partial charge in [0.15, 0.2) is 5.76 Å². The molecule has 4 heterocycles. The number of aryl methyl sites for hydroxylation is 1. The second-order valence-corrected chi connectivity index (χ2v) is 7.39. The number of para-hydroxylation sites is 2. The average Bonchev–Trinajstić information content (AvgIpc) is 3.38. The second-order valence-electron chi connectivity index (χ2n) is 7.39. The molecule has 1 fully saturated rings. The molecule has 5 rings (SSSR count). The predicted octanol–water partition coefficient (Wildman–Crippen LogP) is 1.98. The van der Waals surface area contributed by atoms with Gasteiger partial charge in [0.05, 0.1) is 28.6 Å². The molecule has 1 aliphatic rings. The van der Waals surface area contributed by atoms with E-state index in [1.165, 1.54) is 4.57 Å². The molecule has 1 aromatic carbocycles. The molecule has 3 aromatic heterocycles. The van der Waals surface area contributed by atoms with Crippen molar-refractivity contribution in [2.75, 3.05) is 36.4 Å². The molecular weight excluding hydrogens is 396 g/mol. The minimum atomic E-state index is -0.399. The minimum absolute atomic E-state index is 0.116. The molecule has 4 aromatic rings. The SMILES string of the molecule is Cn1c(=O)n(-c2ccc(C(=O)Nc3cnccc3N3CCNCC3)o2)c2ccccc21. The molecule has 0 atom stereocenters. The standard InChI is InChI=1S/C22H22N6O3/c1-26-17-4-2-3-5-18(17)28(22(26)30)20-7-6-19(31-20)21(29)25-15-14-24-9-8-16(15)27-12-10-23-11-13-27/h2-9,14,23H,10-13H2,1H3,(H,25,29). The number of nitrogens with zero attached hydrogens (tertiary/aromatic N) is 4. The first kappa shape index (κ1) is 19.1. The van der Waals surface area contributed by atoms with Crippen LogP contribution in [0.4, 0.5) is 11.4 Å². The van der Waals surface area contributed by atoms with Crippen LogP contribution in [0, 0.1) is 0 Å². The van der Waals surface area contributed by atoms with Gasteiger partial charge in [-0.2, -0.15) is 0 Å². The third-order valence-corrected chi connectivity index (χ3v) is 5.50. The molecule has 158 valence electrons. The van der Waals surface area contributed by atoms with Crippen LogP contribution < -0.4 is 21.2 Å². The Labute approximate surface area is 177 Å². The van der Waals surface area contributed by atoms with Crippen molar-refractivity contribution in [3.05, 3.63) is 71.1 Å². The zero-order chi connectivity index (χ0) is 21.4. The van der Waals surface area contributed by atoms with E-state index in [1.54, 1.807) is 36.1 Å². The summed E-state index contributed by atoms with van der Waals surface area (Å²) in [6.07, 6.45) is 3.35. The van der Waals surface area contributed by atoms with Crippen molar-refractivity contribution in [2.45, 2.75) is 0 Å². The van der Waals surface area contributed by atoms with E-state index in [1.807, 2.05) is 30.3 Å². The monoisotopic (exact) mass is 418 g/mol. The number of piperazine rings is 1. The first-order chi connectivity index (χ1) is 15.1. The smallest absolute Gasteiger partial charge is 0.335 e. The van der Waals surface area contributed by atoms with Crippen molar-refractivity contribution in [3.8, 4) is 5.88 Å². The van der Waals surface area contributed by atoms with Crippen molar-refractivity contribution >= 4 is 28.3 Å². The molecule has 9 heteroatoms. The summed E-state index contributed by atoms with van der Waals surface area (Å²) in [5.74, 6) is 0.00864. The third kappa shape index (κ3) is 3.38. The summed E-state index contributed by atoms with van der Waals surface area (Å²) >= 11 is 0. The summed E-state index contributed by atoms with van der Waals surface area (Å²) < 4.78 is 8.79. The number of carbonyl (C=O) groups is 1. The van der Waals surface area contributed by atoms with Gasteiger partial charge in [0.2, 0.25) is 5.88 Å². The van der Waals surface area contributed by atoms with Crippen LogP contribution in [-0.2, 0) is 7.05 Å². The van der Waals surface area contributed by atoms with E-state index in [9.17, 15) is 9.59 Å². The number of imidazole rings is 1. The van der Waals surface area contributed by atoms with E-state index in [0.717, 1.165) is 37.4 Å². The summed E-state index contributed by atoms with van der Waals surface area (Å²) in [4.78, 5) is 32.0. The molecule has 0 spiro atoms. The van der Waals surface area contributed by atoms with Gasteiger partial charge in [-0.1, -0.05) is 12.1 Å². The number of pyridine rings is 1. The van der Waals surface area contributed by atoms with Crippen LogP contribution in [0.1, 0.15) is 10.6 Å².